The first-order valence-electron chi connectivity index (χ1n) is 6.14. The minimum Gasteiger partial charge on any atom is -0.494 e. The second-order valence-electron chi connectivity index (χ2n) is 4.55. The zero-order valence-corrected chi connectivity index (χ0v) is 11.1. The maximum atomic E-state index is 14.0. The Balaban J connectivity index is 2.85. The van der Waals surface area contributed by atoms with Crippen LogP contribution in [0.4, 0.5) is 4.39 Å². The number of halogens is 1. The Kier molecular flexibility index (Phi) is 5.42. The normalized spacial score (nSPS) is 12.8. The van der Waals surface area contributed by atoms with Gasteiger partial charge in [0, 0.05) is 6.04 Å². The summed E-state index contributed by atoms with van der Waals surface area (Å²) in [6.45, 7) is 7.25. The van der Waals surface area contributed by atoms with Crippen LogP contribution in [0.5, 0.6) is 5.75 Å². The molecule has 0 spiro atoms. The number of hydrogen-bond donors (Lipinski definition) is 1. The van der Waals surface area contributed by atoms with Crippen molar-refractivity contribution in [3.63, 3.8) is 0 Å². The lowest BCUT2D eigenvalue weighted by Crippen LogP contribution is -2.35. The SMILES string of the molecule is CCNC(Cc1cccc(OC)c1F)C(C)C. The molecule has 3 heteroatoms. The fraction of sp³-hybridized carbons (Fsp3) is 0.571. The van der Waals surface area contributed by atoms with Crippen molar-refractivity contribution in [3.05, 3.63) is 29.6 Å². The van der Waals surface area contributed by atoms with E-state index in [1.165, 1.54) is 7.11 Å². The van der Waals surface area contributed by atoms with Gasteiger partial charge in [0.1, 0.15) is 0 Å². The fourth-order valence-corrected chi connectivity index (χ4v) is 1.91. The zero-order valence-electron chi connectivity index (χ0n) is 11.1. The van der Waals surface area contributed by atoms with E-state index in [0.717, 1.165) is 6.54 Å². The van der Waals surface area contributed by atoms with Gasteiger partial charge in [0.25, 0.3) is 0 Å². The van der Waals surface area contributed by atoms with E-state index in [1.54, 1.807) is 6.07 Å². The highest BCUT2D eigenvalue weighted by molar-refractivity contribution is 5.31. The lowest BCUT2D eigenvalue weighted by Gasteiger charge is -2.22. The smallest absolute Gasteiger partial charge is 0.168 e. The molecule has 0 radical (unpaired) electrons. The summed E-state index contributed by atoms with van der Waals surface area (Å²) < 4.78 is 19.0. The standard InChI is InChI=1S/C14H22FNO/c1-5-16-12(10(2)3)9-11-7-6-8-13(17-4)14(11)15/h6-8,10,12,16H,5,9H2,1-4H3. The number of hydrogen-bond acceptors (Lipinski definition) is 2. The topological polar surface area (TPSA) is 21.3 Å². The number of ether oxygens (including phenoxy) is 1. The number of nitrogens with one attached hydrogen (secondary N) is 1. The lowest BCUT2D eigenvalue weighted by molar-refractivity contribution is 0.374. The third-order valence-corrected chi connectivity index (χ3v) is 2.97. The molecule has 17 heavy (non-hydrogen) atoms. The maximum Gasteiger partial charge on any atom is 0.168 e. The van der Waals surface area contributed by atoms with Crippen LogP contribution in [0.3, 0.4) is 0 Å². The summed E-state index contributed by atoms with van der Waals surface area (Å²) >= 11 is 0. The Labute approximate surface area is 103 Å². The van der Waals surface area contributed by atoms with Crippen LogP contribution >= 0.6 is 0 Å². The molecule has 0 aliphatic heterocycles. The molecule has 0 aromatic heterocycles. The number of rotatable bonds is 6. The monoisotopic (exact) mass is 239 g/mol. The van der Waals surface area contributed by atoms with Crippen molar-refractivity contribution in [2.75, 3.05) is 13.7 Å². The highest BCUT2D eigenvalue weighted by Gasteiger charge is 2.16. The van der Waals surface area contributed by atoms with Gasteiger partial charge in [-0.3, -0.25) is 0 Å². The summed E-state index contributed by atoms with van der Waals surface area (Å²) in [5, 5.41) is 3.39. The quantitative estimate of drug-likeness (QED) is 0.824. The van der Waals surface area contributed by atoms with Gasteiger partial charge in [0.15, 0.2) is 11.6 Å². The lowest BCUT2D eigenvalue weighted by atomic mass is 9.96. The highest BCUT2D eigenvalue weighted by Crippen LogP contribution is 2.22. The zero-order chi connectivity index (χ0) is 12.8. The van der Waals surface area contributed by atoms with Gasteiger partial charge in [-0.05, 0) is 30.5 Å². The summed E-state index contributed by atoms with van der Waals surface area (Å²) in [6.07, 6.45) is 0.689. The largest absolute Gasteiger partial charge is 0.494 e. The molecule has 96 valence electrons. The molecule has 1 unspecified atom stereocenters. The van der Waals surface area contributed by atoms with Gasteiger partial charge in [-0.15, -0.1) is 0 Å². The van der Waals surface area contributed by atoms with Gasteiger partial charge in [-0.2, -0.15) is 0 Å². The van der Waals surface area contributed by atoms with E-state index in [9.17, 15) is 4.39 Å². The van der Waals surface area contributed by atoms with Crippen LogP contribution in [0.1, 0.15) is 26.3 Å². The van der Waals surface area contributed by atoms with E-state index in [0.29, 0.717) is 29.7 Å². The molecule has 1 N–H and O–H groups in total. The van der Waals surface area contributed by atoms with Crippen LogP contribution in [0.15, 0.2) is 18.2 Å². The van der Waals surface area contributed by atoms with Crippen LogP contribution in [-0.2, 0) is 6.42 Å². The van der Waals surface area contributed by atoms with Crippen molar-refractivity contribution >= 4 is 0 Å². The van der Waals surface area contributed by atoms with Crippen molar-refractivity contribution in [2.45, 2.75) is 33.2 Å². The molecule has 1 aromatic rings. The first kappa shape index (κ1) is 14.0. The van der Waals surface area contributed by atoms with Crippen LogP contribution in [0, 0.1) is 11.7 Å². The van der Waals surface area contributed by atoms with Gasteiger partial charge >= 0.3 is 0 Å². The molecule has 0 bridgehead atoms. The third kappa shape index (κ3) is 3.70. The van der Waals surface area contributed by atoms with E-state index < -0.39 is 0 Å². The van der Waals surface area contributed by atoms with Crippen molar-refractivity contribution in [2.24, 2.45) is 5.92 Å². The average molecular weight is 239 g/mol. The minimum absolute atomic E-state index is 0.237. The van der Waals surface area contributed by atoms with Crippen LogP contribution in [0.25, 0.3) is 0 Å². The van der Waals surface area contributed by atoms with Crippen LogP contribution in [0.2, 0.25) is 0 Å². The Morgan fingerprint density at radius 1 is 1.35 bits per heavy atom. The van der Waals surface area contributed by atoms with Gasteiger partial charge < -0.3 is 10.1 Å². The summed E-state index contributed by atoms with van der Waals surface area (Å²) in [5.74, 6) is 0.556. The number of benzene rings is 1. The molecule has 1 atom stereocenters. The van der Waals surface area contributed by atoms with Crippen molar-refractivity contribution in [3.8, 4) is 5.75 Å². The molecule has 0 fully saturated rings. The van der Waals surface area contributed by atoms with Crippen molar-refractivity contribution in [1.82, 2.24) is 5.32 Å². The first-order chi connectivity index (χ1) is 8.10. The number of methoxy groups -OCH3 is 1. The van der Waals surface area contributed by atoms with E-state index >= 15 is 0 Å². The van der Waals surface area contributed by atoms with Gasteiger partial charge in [0.05, 0.1) is 7.11 Å². The summed E-state index contributed by atoms with van der Waals surface area (Å²) in [7, 11) is 1.49. The van der Waals surface area contributed by atoms with E-state index in [1.807, 2.05) is 12.1 Å². The summed E-state index contributed by atoms with van der Waals surface area (Å²) in [4.78, 5) is 0. The maximum absolute atomic E-state index is 14.0. The van der Waals surface area contributed by atoms with E-state index in [-0.39, 0.29) is 5.82 Å². The van der Waals surface area contributed by atoms with E-state index in [4.69, 9.17) is 4.74 Å². The fourth-order valence-electron chi connectivity index (χ4n) is 1.91. The summed E-state index contributed by atoms with van der Waals surface area (Å²) in [6, 6.07) is 5.60. The second kappa shape index (κ2) is 6.60. The van der Waals surface area contributed by atoms with Crippen molar-refractivity contribution < 1.29 is 9.13 Å². The van der Waals surface area contributed by atoms with Gasteiger partial charge in [0.2, 0.25) is 0 Å². The minimum atomic E-state index is -0.237. The van der Waals surface area contributed by atoms with E-state index in [2.05, 4.69) is 26.1 Å². The average Bonchev–Trinajstić information content (AvgIpc) is 2.30. The number of likely N-dealkylation sites (N-methyl/N-ethyl adjacent to an activating group) is 1. The highest BCUT2D eigenvalue weighted by atomic mass is 19.1. The third-order valence-electron chi connectivity index (χ3n) is 2.97. The first-order valence-corrected chi connectivity index (χ1v) is 6.14. The molecule has 0 saturated carbocycles. The molecule has 0 amide bonds. The molecule has 2 nitrogen and oxygen atoms in total. The van der Waals surface area contributed by atoms with Crippen LogP contribution in [-0.4, -0.2) is 19.7 Å². The Morgan fingerprint density at radius 3 is 2.59 bits per heavy atom. The Morgan fingerprint density at radius 2 is 2.06 bits per heavy atom. The molecule has 0 aliphatic carbocycles. The molecule has 1 aromatic carbocycles. The molecule has 0 heterocycles. The van der Waals surface area contributed by atoms with Gasteiger partial charge in [-0.25, -0.2) is 4.39 Å². The Bertz CT molecular complexity index is 352. The molecule has 0 saturated heterocycles. The molecular formula is C14H22FNO. The molecular weight excluding hydrogens is 217 g/mol. The predicted molar refractivity (Wildman–Crippen MR) is 69.0 cm³/mol. The van der Waals surface area contributed by atoms with Crippen molar-refractivity contribution in [1.29, 1.82) is 0 Å². The van der Waals surface area contributed by atoms with Gasteiger partial charge in [-0.1, -0.05) is 32.9 Å². The van der Waals surface area contributed by atoms with Crippen LogP contribution < -0.4 is 10.1 Å². The predicted octanol–water partition coefficient (Wildman–Crippen LogP) is 3.01. The second-order valence-corrected chi connectivity index (χ2v) is 4.55. The Hall–Kier alpha value is -1.09. The summed E-state index contributed by atoms with van der Waals surface area (Å²) in [5.41, 5.74) is 0.712. The molecule has 0 aliphatic rings. The molecule has 1 rings (SSSR count).